The predicted molar refractivity (Wildman–Crippen MR) is 63.6 cm³/mol. The molecule has 2 rings (SSSR count). The van der Waals surface area contributed by atoms with Gasteiger partial charge in [-0.15, -0.1) is 11.3 Å². The van der Waals surface area contributed by atoms with E-state index < -0.39 is 0 Å². The molecular formula is C10H10N2OS2. The standard InChI is InChI=1S/C10H10N2OS2/c1-13-7-2-3-9(8(11)6-7)15-10-12-4-5-14-10/h2-6H,11H2,1H3. The van der Waals surface area contributed by atoms with Crippen LogP contribution in [0.1, 0.15) is 0 Å². The van der Waals surface area contributed by atoms with Gasteiger partial charge in [0.1, 0.15) is 5.75 Å². The molecule has 5 heteroatoms. The molecule has 0 unspecified atom stereocenters. The topological polar surface area (TPSA) is 48.1 Å². The van der Waals surface area contributed by atoms with E-state index in [4.69, 9.17) is 10.5 Å². The first kappa shape index (κ1) is 10.3. The minimum Gasteiger partial charge on any atom is -0.497 e. The Bertz CT molecular complexity index is 443. The van der Waals surface area contributed by atoms with Crippen molar-refractivity contribution in [2.45, 2.75) is 9.24 Å². The second kappa shape index (κ2) is 4.55. The summed E-state index contributed by atoms with van der Waals surface area (Å²) in [5.74, 6) is 0.774. The van der Waals surface area contributed by atoms with Crippen LogP contribution in [0.15, 0.2) is 39.0 Å². The van der Waals surface area contributed by atoms with E-state index in [9.17, 15) is 0 Å². The van der Waals surface area contributed by atoms with Crippen molar-refractivity contribution in [1.29, 1.82) is 0 Å². The van der Waals surface area contributed by atoms with Crippen molar-refractivity contribution in [2.24, 2.45) is 0 Å². The lowest BCUT2D eigenvalue weighted by Crippen LogP contribution is -1.90. The number of rotatable bonds is 3. The Kier molecular flexibility index (Phi) is 3.13. The quantitative estimate of drug-likeness (QED) is 0.835. The van der Waals surface area contributed by atoms with Gasteiger partial charge in [-0.05, 0) is 12.1 Å². The van der Waals surface area contributed by atoms with Crippen LogP contribution in [0, 0.1) is 0 Å². The molecule has 0 fully saturated rings. The van der Waals surface area contributed by atoms with Gasteiger partial charge in [0, 0.05) is 28.2 Å². The molecule has 0 aliphatic carbocycles. The summed E-state index contributed by atoms with van der Waals surface area (Å²) >= 11 is 3.17. The fraction of sp³-hybridized carbons (Fsp3) is 0.100. The molecule has 15 heavy (non-hydrogen) atoms. The van der Waals surface area contributed by atoms with Crippen molar-refractivity contribution < 1.29 is 4.74 Å². The van der Waals surface area contributed by atoms with Gasteiger partial charge in [-0.3, -0.25) is 0 Å². The molecule has 0 radical (unpaired) electrons. The van der Waals surface area contributed by atoms with Gasteiger partial charge in [-0.1, -0.05) is 11.8 Å². The van der Waals surface area contributed by atoms with E-state index in [0.29, 0.717) is 0 Å². The zero-order valence-corrected chi connectivity index (χ0v) is 9.77. The third kappa shape index (κ3) is 2.43. The van der Waals surface area contributed by atoms with Crippen LogP contribution in [-0.2, 0) is 0 Å². The number of hydrogen-bond donors (Lipinski definition) is 1. The van der Waals surface area contributed by atoms with Gasteiger partial charge in [0.25, 0.3) is 0 Å². The highest BCUT2D eigenvalue weighted by Gasteiger charge is 2.04. The molecule has 0 aliphatic rings. The number of nitrogens with two attached hydrogens (primary N) is 1. The maximum atomic E-state index is 5.89. The lowest BCUT2D eigenvalue weighted by Gasteiger charge is -2.05. The van der Waals surface area contributed by atoms with Gasteiger partial charge in [-0.25, -0.2) is 4.98 Å². The van der Waals surface area contributed by atoms with Crippen LogP contribution in [0.4, 0.5) is 5.69 Å². The second-order valence-electron chi connectivity index (χ2n) is 2.80. The normalized spacial score (nSPS) is 10.2. The van der Waals surface area contributed by atoms with Crippen LogP contribution >= 0.6 is 23.1 Å². The number of benzene rings is 1. The summed E-state index contributed by atoms with van der Waals surface area (Å²) < 4.78 is 6.08. The smallest absolute Gasteiger partial charge is 0.154 e. The third-order valence-corrected chi connectivity index (χ3v) is 3.80. The van der Waals surface area contributed by atoms with Gasteiger partial charge in [0.15, 0.2) is 4.34 Å². The van der Waals surface area contributed by atoms with E-state index in [0.717, 1.165) is 20.7 Å². The van der Waals surface area contributed by atoms with Crippen molar-refractivity contribution in [3.05, 3.63) is 29.8 Å². The molecule has 1 aromatic heterocycles. The summed E-state index contributed by atoms with van der Waals surface area (Å²) in [6.07, 6.45) is 1.78. The highest BCUT2D eigenvalue weighted by Crippen LogP contribution is 2.34. The molecule has 0 bridgehead atoms. The molecule has 0 saturated carbocycles. The van der Waals surface area contributed by atoms with Crippen molar-refractivity contribution in [2.75, 3.05) is 12.8 Å². The number of hydrogen-bond acceptors (Lipinski definition) is 5. The van der Waals surface area contributed by atoms with Crippen LogP contribution in [-0.4, -0.2) is 12.1 Å². The van der Waals surface area contributed by atoms with Crippen molar-refractivity contribution in [1.82, 2.24) is 4.98 Å². The lowest BCUT2D eigenvalue weighted by atomic mass is 10.3. The fourth-order valence-corrected chi connectivity index (χ4v) is 2.70. The van der Waals surface area contributed by atoms with Crippen LogP contribution in [0.5, 0.6) is 5.75 Å². The molecule has 0 amide bonds. The Morgan fingerprint density at radius 1 is 1.47 bits per heavy atom. The molecule has 0 aliphatic heterocycles. The minimum atomic E-state index is 0.717. The maximum absolute atomic E-state index is 5.89. The Balaban J connectivity index is 2.22. The molecule has 2 N–H and O–H groups in total. The van der Waals surface area contributed by atoms with E-state index >= 15 is 0 Å². The number of ether oxygens (including phenoxy) is 1. The molecule has 2 aromatic rings. The number of thiazole rings is 1. The zero-order chi connectivity index (χ0) is 10.7. The lowest BCUT2D eigenvalue weighted by molar-refractivity contribution is 0.415. The SMILES string of the molecule is COc1ccc(Sc2nccs2)c(N)c1. The van der Waals surface area contributed by atoms with Crippen molar-refractivity contribution in [3.8, 4) is 5.75 Å². The van der Waals surface area contributed by atoms with Crippen LogP contribution in [0.3, 0.4) is 0 Å². The largest absolute Gasteiger partial charge is 0.497 e. The highest BCUT2D eigenvalue weighted by molar-refractivity contribution is 8.01. The first-order valence-corrected chi connectivity index (χ1v) is 6.00. The number of methoxy groups -OCH3 is 1. The zero-order valence-electron chi connectivity index (χ0n) is 8.14. The molecule has 78 valence electrons. The summed E-state index contributed by atoms with van der Waals surface area (Å²) in [7, 11) is 1.63. The van der Waals surface area contributed by atoms with Crippen LogP contribution in [0.25, 0.3) is 0 Å². The van der Waals surface area contributed by atoms with Gasteiger partial charge < -0.3 is 10.5 Å². The monoisotopic (exact) mass is 238 g/mol. The van der Waals surface area contributed by atoms with Crippen LogP contribution < -0.4 is 10.5 Å². The average Bonchev–Trinajstić information content (AvgIpc) is 2.74. The average molecular weight is 238 g/mol. The number of nitrogen functional groups attached to an aromatic ring is 1. The number of aromatic nitrogens is 1. The summed E-state index contributed by atoms with van der Waals surface area (Å²) in [5.41, 5.74) is 6.61. The molecule has 1 heterocycles. The summed E-state index contributed by atoms with van der Waals surface area (Å²) in [6.45, 7) is 0. The first-order valence-electron chi connectivity index (χ1n) is 4.30. The number of nitrogens with zero attached hydrogens (tertiary/aromatic N) is 1. The van der Waals surface area contributed by atoms with Gasteiger partial charge in [-0.2, -0.15) is 0 Å². The van der Waals surface area contributed by atoms with Crippen molar-refractivity contribution >= 4 is 28.8 Å². The molecule has 0 saturated heterocycles. The molecule has 0 spiro atoms. The van der Waals surface area contributed by atoms with E-state index in [1.165, 1.54) is 0 Å². The fourth-order valence-electron chi connectivity index (χ4n) is 1.10. The number of anilines is 1. The Morgan fingerprint density at radius 2 is 2.33 bits per heavy atom. The molecular weight excluding hydrogens is 228 g/mol. The second-order valence-corrected chi connectivity index (χ2v) is 4.99. The minimum absolute atomic E-state index is 0.717. The third-order valence-electron chi connectivity index (χ3n) is 1.82. The Hall–Kier alpha value is -1.20. The van der Waals surface area contributed by atoms with E-state index in [1.807, 2.05) is 23.6 Å². The first-order chi connectivity index (χ1) is 7.29. The summed E-state index contributed by atoms with van der Waals surface area (Å²) in [4.78, 5) is 5.20. The van der Waals surface area contributed by atoms with Crippen LogP contribution in [0.2, 0.25) is 0 Å². The van der Waals surface area contributed by atoms with E-state index in [2.05, 4.69) is 4.98 Å². The summed E-state index contributed by atoms with van der Waals surface area (Å²) in [5, 5.41) is 1.95. The van der Waals surface area contributed by atoms with E-state index in [-0.39, 0.29) is 0 Å². The predicted octanol–water partition coefficient (Wildman–Crippen LogP) is 2.89. The molecule has 3 nitrogen and oxygen atoms in total. The summed E-state index contributed by atoms with van der Waals surface area (Å²) in [6, 6.07) is 5.66. The molecule has 0 atom stereocenters. The maximum Gasteiger partial charge on any atom is 0.154 e. The Labute approximate surface area is 96.3 Å². The van der Waals surface area contributed by atoms with Gasteiger partial charge >= 0.3 is 0 Å². The highest BCUT2D eigenvalue weighted by atomic mass is 32.2. The van der Waals surface area contributed by atoms with Gasteiger partial charge in [0.2, 0.25) is 0 Å². The van der Waals surface area contributed by atoms with E-state index in [1.54, 1.807) is 36.4 Å². The Morgan fingerprint density at radius 3 is 2.93 bits per heavy atom. The van der Waals surface area contributed by atoms with Crippen molar-refractivity contribution in [3.63, 3.8) is 0 Å². The molecule has 1 aromatic carbocycles. The van der Waals surface area contributed by atoms with Gasteiger partial charge in [0.05, 0.1) is 7.11 Å².